The van der Waals surface area contributed by atoms with Crippen molar-refractivity contribution in [2.45, 2.75) is 44.4 Å². The van der Waals surface area contributed by atoms with Gasteiger partial charge in [-0.05, 0) is 24.5 Å². The van der Waals surface area contributed by atoms with Gasteiger partial charge >= 0.3 is 0 Å². The lowest BCUT2D eigenvalue weighted by Gasteiger charge is -2.18. The van der Waals surface area contributed by atoms with Crippen LogP contribution < -0.4 is 10.6 Å². The van der Waals surface area contributed by atoms with Gasteiger partial charge in [0.1, 0.15) is 0 Å². The van der Waals surface area contributed by atoms with Crippen LogP contribution >= 0.6 is 0 Å². The lowest BCUT2D eigenvalue weighted by molar-refractivity contribution is 0.444. The van der Waals surface area contributed by atoms with Crippen LogP contribution in [0, 0.1) is 5.92 Å². The minimum absolute atomic E-state index is 0.581. The van der Waals surface area contributed by atoms with Crippen LogP contribution in [0.3, 0.4) is 0 Å². The number of aliphatic imine (C=N–C) groups is 1. The van der Waals surface area contributed by atoms with Gasteiger partial charge in [-0.2, -0.15) is 0 Å². The summed E-state index contributed by atoms with van der Waals surface area (Å²) in [5.74, 6) is 2.06. The SMILES string of the molecule is CCCCC(CC)CNC(=NC)NCCS(=O)c1ccccc1. The molecule has 130 valence electrons. The maximum Gasteiger partial charge on any atom is 0.191 e. The van der Waals surface area contributed by atoms with Crippen molar-refractivity contribution >= 4 is 16.8 Å². The summed E-state index contributed by atoms with van der Waals surface area (Å²) in [6.45, 7) is 6.06. The Bertz CT molecular complexity index is 476. The largest absolute Gasteiger partial charge is 0.356 e. The first-order chi connectivity index (χ1) is 11.2. The van der Waals surface area contributed by atoms with Gasteiger partial charge in [0.15, 0.2) is 5.96 Å². The van der Waals surface area contributed by atoms with E-state index in [1.54, 1.807) is 7.05 Å². The Hall–Kier alpha value is -1.36. The van der Waals surface area contributed by atoms with Gasteiger partial charge in [-0.15, -0.1) is 0 Å². The van der Waals surface area contributed by atoms with Crippen molar-refractivity contribution in [2.75, 3.05) is 25.9 Å². The van der Waals surface area contributed by atoms with Crippen LogP contribution in [0.1, 0.15) is 39.5 Å². The van der Waals surface area contributed by atoms with Crippen molar-refractivity contribution < 1.29 is 4.21 Å². The van der Waals surface area contributed by atoms with E-state index in [-0.39, 0.29) is 0 Å². The molecular formula is C18H31N3OS. The number of rotatable bonds is 10. The number of hydrogen-bond acceptors (Lipinski definition) is 2. The maximum atomic E-state index is 12.2. The number of guanidine groups is 1. The minimum atomic E-state index is -0.966. The molecule has 4 nitrogen and oxygen atoms in total. The summed E-state index contributed by atoms with van der Waals surface area (Å²) in [7, 11) is 0.809. The zero-order valence-corrected chi connectivity index (χ0v) is 15.5. The summed E-state index contributed by atoms with van der Waals surface area (Å²) in [6.07, 6.45) is 4.97. The zero-order valence-electron chi connectivity index (χ0n) is 14.7. The molecule has 0 aliphatic rings. The molecule has 0 saturated carbocycles. The standard InChI is InChI=1S/C18H31N3OS/c1-4-6-10-16(5-2)15-21-18(19-3)20-13-14-23(22)17-11-8-7-9-12-17/h7-9,11-12,16H,4-6,10,13-15H2,1-3H3,(H2,19,20,21). The van der Waals surface area contributed by atoms with E-state index >= 15 is 0 Å². The second kappa shape index (κ2) is 12.1. The van der Waals surface area contributed by atoms with E-state index in [0.29, 0.717) is 18.2 Å². The Balaban J connectivity index is 2.30. The molecular weight excluding hydrogens is 306 g/mol. The summed E-state index contributed by atoms with van der Waals surface area (Å²) in [6, 6.07) is 9.59. The van der Waals surface area contributed by atoms with Gasteiger partial charge < -0.3 is 10.6 Å². The van der Waals surface area contributed by atoms with Gasteiger partial charge in [0.05, 0.1) is 10.8 Å². The van der Waals surface area contributed by atoms with E-state index in [1.165, 1.54) is 25.7 Å². The summed E-state index contributed by atoms with van der Waals surface area (Å²) >= 11 is 0. The first-order valence-electron chi connectivity index (χ1n) is 8.59. The van der Waals surface area contributed by atoms with Crippen molar-refractivity contribution in [3.63, 3.8) is 0 Å². The number of unbranched alkanes of at least 4 members (excludes halogenated alkanes) is 1. The van der Waals surface area contributed by atoms with Crippen LogP contribution in [-0.2, 0) is 10.8 Å². The highest BCUT2D eigenvalue weighted by atomic mass is 32.2. The molecule has 0 radical (unpaired) electrons. The van der Waals surface area contributed by atoms with Crippen molar-refractivity contribution in [3.8, 4) is 0 Å². The van der Waals surface area contributed by atoms with Crippen molar-refractivity contribution in [2.24, 2.45) is 10.9 Å². The molecule has 0 aliphatic heterocycles. The van der Waals surface area contributed by atoms with Crippen molar-refractivity contribution in [3.05, 3.63) is 30.3 Å². The van der Waals surface area contributed by atoms with Gasteiger partial charge in [0, 0.05) is 30.8 Å². The minimum Gasteiger partial charge on any atom is -0.356 e. The van der Waals surface area contributed by atoms with Crippen LogP contribution in [0.15, 0.2) is 40.2 Å². The van der Waals surface area contributed by atoms with Gasteiger partial charge in [0.2, 0.25) is 0 Å². The molecule has 0 amide bonds. The molecule has 0 fully saturated rings. The third kappa shape index (κ3) is 8.16. The topological polar surface area (TPSA) is 53.5 Å². The smallest absolute Gasteiger partial charge is 0.191 e. The van der Waals surface area contributed by atoms with Crippen molar-refractivity contribution in [1.29, 1.82) is 0 Å². The Morgan fingerprint density at radius 3 is 2.57 bits per heavy atom. The quantitative estimate of drug-likeness (QED) is 0.509. The fourth-order valence-electron chi connectivity index (χ4n) is 2.36. The van der Waals surface area contributed by atoms with Crippen LogP contribution in [-0.4, -0.2) is 36.1 Å². The van der Waals surface area contributed by atoms with Crippen LogP contribution in [0.2, 0.25) is 0 Å². The highest BCUT2D eigenvalue weighted by Gasteiger charge is 2.07. The third-order valence-electron chi connectivity index (χ3n) is 3.91. The molecule has 2 unspecified atom stereocenters. The first kappa shape index (κ1) is 19.7. The number of nitrogens with zero attached hydrogens (tertiary/aromatic N) is 1. The highest BCUT2D eigenvalue weighted by Crippen LogP contribution is 2.11. The molecule has 0 aliphatic carbocycles. The van der Waals surface area contributed by atoms with E-state index in [4.69, 9.17) is 0 Å². The average Bonchev–Trinajstić information content (AvgIpc) is 2.60. The summed E-state index contributed by atoms with van der Waals surface area (Å²) < 4.78 is 12.2. The molecule has 2 atom stereocenters. The highest BCUT2D eigenvalue weighted by molar-refractivity contribution is 7.85. The molecule has 23 heavy (non-hydrogen) atoms. The first-order valence-corrected chi connectivity index (χ1v) is 9.91. The summed E-state index contributed by atoms with van der Waals surface area (Å²) in [5.41, 5.74) is 0. The molecule has 1 rings (SSSR count). The van der Waals surface area contributed by atoms with Crippen molar-refractivity contribution in [1.82, 2.24) is 10.6 Å². The van der Waals surface area contributed by atoms with Gasteiger partial charge in [0.25, 0.3) is 0 Å². The molecule has 5 heteroatoms. The molecule has 2 N–H and O–H groups in total. The molecule has 0 heterocycles. The van der Waals surface area contributed by atoms with Crippen LogP contribution in [0.5, 0.6) is 0 Å². The number of hydrogen-bond donors (Lipinski definition) is 2. The maximum absolute atomic E-state index is 12.2. The molecule has 0 spiro atoms. The van der Waals surface area contributed by atoms with E-state index in [0.717, 1.165) is 17.4 Å². The van der Waals surface area contributed by atoms with Gasteiger partial charge in [-0.3, -0.25) is 9.20 Å². The fraction of sp³-hybridized carbons (Fsp3) is 0.611. The Labute approximate surface area is 143 Å². The Morgan fingerprint density at radius 2 is 1.96 bits per heavy atom. The average molecular weight is 338 g/mol. The summed E-state index contributed by atoms with van der Waals surface area (Å²) in [4.78, 5) is 5.12. The lowest BCUT2D eigenvalue weighted by Crippen LogP contribution is -2.41. The number of nitrogens with one attached hydrogen (secondary N) is 2. The third-order valence-corrected chi connectivity index (χ3v) is 5.28. The van der Waals surface area contributed by atoms with Crippen LogP contribution in [0.4, 0.5) is 0 Å². The van der Waals surface area contributed by atoms with Crippen LogP contribution in [0.25, 0.3) is 0 Å². The van der Waals surface area contributed by atoms with E-state index in [2.05, 4.69) is 29.5 Å². The van der Waals surface area contributed by atoms with E-state index in [9.17, 15) is 4.21 Å². The molecule has 1 aromatic rings. The zero-order chi connectivity index (χ0) is 16.9. The molecule has 0 aromatic heterocycles. The van der Waals surface area contributed by atoms with Gasteiger partial charge in [-0.25, -0.2) is 0 Å². The predicted octanol–water partition coefficient (Wildman–Crippen LogP) is 3.18. The summed E-state index contributed by atoms with van der Waals surface area (Å²) in [5, 5.41) is 6.63. The molecule has 0 saturated heterocycles. The normalized spacial score (nSPS) is 14.3. The van der Waals surface area contributed by atoms with E-state index < -0.39 is 10.8 Å². The number of benzene rings is 1. The fourth-order valence-corrected chi connectivity index (χ4v) is 3.34. The second-order valence-corrected chi connectivity index (χ2v) is 7.23. The monoisotopic (exact) mass is 337 g/mol. The predicted molar refractivity (Wildman–Crippen MR) is 100 cm³/mol. The Kier molecular flexibility index (Phi) is 10.4. The molecule has 0 bridgehead atoms. The second-order valence-electron chi connectivity index (χ2n) is 5.66. The van der Waals surface area contributed by atoms with E-state index in [1.807, 2.05) is 30.3 Å². The molecule has 1 aromatic carbocycles. The Morgan fingerprint density at radius 1 is 1.22 bits per heavy atom. The lowest BCUT2D eigenvalue weighted by atomic mass is 9.99. The van der Waals surface area contributed by atoms with Gasteiger partial charge in [-0.1, -0.05) is 51.3 Å².